The topological polar surface area (TPSA) is 17.1 Å². The molecular formula is C14H9BrClIO. The van der Waals surface area contributed by atoms with Gasteiger partial charge >= 0.3 is 0 Å². The summed E-state index contributed by atoms with van der Waals surface area (Å²) >= 11 is 11.5. The smallest absolute Gasteiger partial charge is 0.168 e. The van der Waals surface area contributed by atoms with Crippen LogP contribution in [0.5, 0.6) is 0 Å². The quantitative estimate of drug-likeness (QED) is 0.482. The van der Waals surface area contributed by atoms with Crippen molar-refractivity contribution in [1.29, 1.82) is 0 Å². The first-order valence-corrected chi connectivity index (χ1v) is 7.54. The van der Waals surface area contributed by atoms with E-state index >= 15 is 0 Å². The van der Waals surface area contributed by atoms with E-state index in [2.05, 4.69) is 38.5 Å². The molecule has 92 valence electrons. The van der Waals surface area contributed by atoms with E-state index in [0.29, 0.717) is 11.4 Å². The highest BCUT2D eigenvalue weighted by Crippen LogP contribution is 2.21. The van der Waals surface area contributed by atoms with Crippen LogP contribution >= 0.6 is 50.1 Å². The third-order valence-corrected chi connectivity index (χ3v) is 4.15. The molecule has 0 aliphatic carbocycles. The number of carbonyl (C=O) groups is 1. The van der Waals surface area contributed by atoms with Gasteiger partial charge in [0.1, 0.15) is 0 Å². The molecule has 0 unspecified atom stereocenters. The van der Waals surface area contributed by atoms with Crippen LogP contribution in [0.15, 0.2) is 46.9 Å². The summed E-state index contributed by atoms with van der Waals surface area (Å²) in [5, 5.41) is 0.657. The van der Waals surface area contributed by atoms with Crippen LogP contribution in [0.2, 0.25) is 5.02 Å². The summed E-state index contributed by atoms with van der Waals surface area (Å²) in [6.45, 7) is 0. The standard InChI is InChI=1S/C14H9BrClIO/c15-10-4-5-13(17)12(8-10)14(18)7-9-2-1-3-11(16)6-9/h1-6,8H,7H2. The van der Waals surface area contributed by atoms with Crippen molar-refractivity contribution in [2.45, 2.75) is 6.42 Å². The van der Waals surface area contributed by atoms with Crippen molar-refractivity contribution in [1.82, 2.24) is 0 Å². The first-order valence-electron chi connectivity index (χ1n) is 5.29. The summed E-state index contributed by atoms with van der Waals surface area (Å²) in [6.07, 6.45) is 0.368. The molecule has 0 aliphatic rings. The van der Waals surface area contributed by atoms with E-state index in [1.807, 2.05) is 36.4 Å². The normalized spacial score (nSPS) is 10.4. The molecule has 0 spiro atoms. The monoisotopic (exact) mass is 434 g/mol. The van der Waals surface area contributed by atoms with Crippen molar-refractivity contribution >= 4 is 55.9 Å². The number of Topliss-reactive ketones (excluding diaryl/α,β-unsaturated/α-hetero) is 1. The Hall–Kier alpha value is -0.390. The van der Waals surface area contributed by atoms with Crippen molar-refractivity contribution in [3.05, 3.63) is 66.7 Å². The number of halogens is 3. The third kappa shape index (κ3) is 3.56. The second kappa shape index (κ2) is 6.17. The second-order valence-electron chi connectivity index (χ2n) is 3.85. The second-order valence-corrected chi connectivity index (χ2v) is 6.37. The highest BCUT2D eigenvalue weighted by atomic mass is 127. The molecule has 0 heterocycles. The highest BCUT2D eigenvalue weighted by molar-refractivity contribution is 14.1. The number of rotatable bonds is 3. The van der Waals surface area contributed by atoms with Crippen LogP contribution in [0.25, 0.3) is 0 Å². The van der Waals surface area contributed by atoms with Crippen LogP contribution in [0.1, 0.15) is 15.9 Å². The van der Waals surface area contributed by atoms with Gasteiger partial charge in [0.2, 0.25) is 0 Å². The van der Waals surface area contributed by atoms with Gasteiger partial charge in [-0.3, -0.25) is 4.79 Å². The van der Waals surface area contributed by atoms with Crippen molar-refractivity contribution in [3.63, 3.8) is 0 Å². The molecule has 0 atom stereocenters. The maximum absolute atomic E-state index is 12.2. The van der Waals surface area contributed by atoms with Crippen LogP contribution in [0.3, 0.4) is 0 Å². The molecule has 0 aromatic heterocycles. The van der Waals surface area contributed by atoms with Gasteiger partial charge in [-0.25, -0.2) is 0 Å². The minimum atomic E-state index is 0.1000. The fourth-order valence-corrected chi connectivity index (χ4v) is 2.85. The summed E-state index contributed by atoms with van der Waals surface area (Å²) in [6, 6.07) is 13.1. The van der Waals surface area contributed by atoms with Gasteiger partial charge in [-0.2, -0.15) is 0 Å². The summed E-state index contributed by atoms with van der Waals surface area (Å²) in [7, 11) is 0. The summed E-state index contributed by atoms with van der Waals surface area (Å²) in [4.78, 5) is 12.2. The van der Waals surface area contributed by atoms with E-state index in [4.69, 9.17) is 11.6 Å². The molecule has 18 heavy (non-hydrogen) atoms. The number of hydrogen-bond donors (Lipinski definition) is 0. The Balaban J connectivity index is 2.24. The van der Waals surface area contributed by atoms with Crippen LogP contribution in [-0.2, 0) is 6.42 Å². The van der Waals surface area contributed by atoms with Gasteiger partial charge in [-0.1, -0.05) is 39.7 Å². The molecule has 2 aromatic rings. The molecule has 0 amide bonds. The molecule has 0 N–H and O–H groups in total. The lowest BCUT2D eigenvalue weighted by Crippen LogP contribution is -2.05. The van der Waals surface area contributed by atoms with Gasteiger partial charge < -0.3 is 0 Å². The SMILES string of the molecule is O=C(Cc1cccc(Cl)c1)c1cc(Br)ccc1I. The fourth-order valence-electron chi connectivity index (χ4n) is 1.64. The largest absolute Gasteiger partial charge is 0.294 e. The van der Waals surface area contributed by atoms with Crippen LogP contribution in [-0.4, -0.2) is 5.78 Å². The molecule has 1 nitrogen and oxygen atoms in total. The molecule has 0 fully saturated rings. The Morgan fingerprint density at radius 1 is 1.22 bits per heavy atom. The molecule has 0 saturated heterocycles. The minimum absolute atomic E-state index is 0.1000. The van der Waals surface area contributed by atoms with Gasteiger partial charge in [0.05, 0.1) is 0 Å². The Labute approximate surface area is 133 Å². The first-order chi connectivity index (χ1) is 8.56. The lowest BCUT2D eigenvalue weighted by Gasteiger charge is -2.05. The van der Waals surface area contributed by atoms with Crippen molar-refractivity contribution in [3.8, 4) is 0 Å². The summed E-state index contributed by atoms with van der Waals surface area (Å²) < 4.78 is 1.88. The lowest BCUT2D eigenvalue weighted by atomic mass is 10.0. The van der Waals surface area contributed by atoms with Crippen LogP contribution in [0, 0.1) is 3.57 Å². The number of hydrogen-bond acceptors (Lipinski definition) is 1. The zero-order valence-corrected chi connectivity index (χ0v) is 13.8. The zero-order chi connectivity index (χ0) is 13.1. The number of carbonyl (C=O) groups excluding carboxylic acids is 1. The molecule has 4 heteroatoms. The van der Waals surface area contributed by atoms with Gasteiger partial charge in [0, 0.05) is 25.0 Å². The third-order valence-electron chi connectivity index (χ3n) is 2.48. The average molecular weight is 435 g/mol. The van der Waals surface area contributed by atoms with Crippen molar-refractivity contribution < 1.29 is 4.79 Å². The van der Waals surface area contributed by atoms with Gasteiger partial charge in [-0.15, -0.1) is 0 Å². The van der Waals surface area contributed by atoms with Gasteiger partial charge in [-0.05, 0) is 58.5 Å². The highest BCUT2D eigenvalue weighted by Gasteiger charge is 2.11. The van der Waals surface area contributed by atoms with E-state index < -0.39 is 0 Å². The summed E-state index contributed by atoms with van der Waals surface area (Å²) in [5.41, 5.74) is 1.67. The molecular weight excluding hydrogens is 426 g/mol. The molecule has 0 aliphatic heterocycles. The van der Waals surface area contributed by atoms with E-state index in [9.17, 15) is 4.79 Å². The Bertz CT molecular complexity index is 598. The van der Waals surface area contributed by atoms with E-state index in [1.165, 1.54) is 0 Å². The average Bonchev–Trinajstić information content (AvgIpc) is 2.32. The molecule has 2 rings (SSSR count). The van der Waals surface area contributed by atoms with Gasteiger partial charge in [0.15, 0.2) is 5.78 Å². The van der Waals surface area contributed by atoms with Crippen LogP contribution < -0.4 is 0 Å². The first kappa shape index (κ1) is 14.0. The van der Waals surface area contributed by atoms with E-state index in [0.717, 1.165) is 19.2 Å². The van der Waals surface area contributed by atoms with E-state index in [1.54, 1.807) is 6.07 Å². The Morgan fingerprint density at radius 3 is 2.72 bits per heavy atom. The predicted octanol–water partition coefficient (Wildman–Crippen LogP) is 5.13. The minimum Gasteiger partial charge on any atom is -0.294 e. The molecule has 0 saturated carbocycles. The van der Waals surface area contributed by atoms with Crippen LogP contribution in [0.4, 0.5) is 0 Å². The molecule has 0 bridgehead atoms. The maximum atomic E-state index is 12.2. The predicted molar refractivity (Wildman–Crippen MR) is 86.3 cm³/mol. The zero-order valence-electron chi connectivity index (χ0n) is 9.29. The van der Waals surface area contributed by atoms with Crippen molar-refractivity contribution in [2.75, 3.05) is 0 Å². The maximum Gasteiger partial charge on any atom is 0.168 e. The Kier molecular flexibility index (Phi) is 4.81. The van der Waals surface area contributed by atoms with Crippen molar-refractivity contribution in [2.24, 2.45) is 0 Å². The Morgan fingerprint density at radius 2 is 2.00 bits per heavy atom. The van der Waals surface area contributed by atoms with Gasteiger partial charge in [0.25, 0.3) is 0 Å². The summed E-state index contributed by atoms with van der Waals surface area (Å²) in [5.74, 6) is 0.1000. The molecule has 2 aromatic carbocycles. The molecule has 0 radical (unpaired) electrons. The lowest BCUT2D eigenvalue weighted by molar-refractivity contribution is 0.0992. The number of benzene rings is 2. The fraction of sp³-hybridized carbons (Fsp3) is 0.0714. The van der Waals surface area contributed by atoms with E-state index in [-0.39, 0.29) is 5.78 Å². The number of ketones is 1.